The van der Waals surface area contributed by atoms with Crippen LogP contribution in [0.4, 0.5) is 10.1 Å². The van der Waals surface area contributed by atoms with E-state index in [-0.39, 0.29) is 23.6 Å². The molecule has 5 heteroatoms. The molecule has 0 heterocycles. The van der Waals surface area contributed by atoms with Gasteiger partial charge < -0.3 is 10.4 Å². The average Bonchev–Trinajstić information content (AvgIpc) is 2.61. The number of halogens is 1. The van der Waals surface area contributed by atoms with Crippen molar-refractivity contribution in [1.29, 1.82) is 0 Å². The minimum atomic E-state index is -1.44. The van der Waals surface area contributed by atoms with Crippen molar-refractivity contribution >= 4 is 17.3 Å². The summed E-state index contributed by atoms with van der Waals surface area (Å²) in [6, 6.07) is 15.4. The number of aliphatic hydroxyl groups is 1. The highest BCUT2D eigenvalue weighted by Crippen LogP contribution is 2.48. The number of benzene rings is 2. The summed E-state index contributed by atoms with van der Waals surface area (Å²) >= 11 is 0. The largest absolute Gasteiger partial charge is 0.389 e. The number of allylic oxidation sites excluding steroid dienone is 1. The fraction of sp³-hybridized carbons (Fsp3) is 0.304. The molecule has 28 heavy (non-hydrogen) atoms. The van der Waals surface area contributed by atoms with Crippen molar-refractivity contribution in [3.8, 4) is 0 Å². The molecular formula is C23H24FNO3. The second-order valence-electron chi connectivity index (χ2n) is 7.56. The summed E-state index contributed by atoms with van der Waals surface area (Å²) in [5.41, 5.74) is 0.394. The van der Waals surface area contributed by atoms with Gasteiger partial charge in [0.15, 0.2) is 5.78 Å². The van der Waals surface area contributed by atoms with Crippen LogP contribution in [-0.2, 0) is 9.59 Å². The Kier molecular flexibility index (Phi) is 5.47. The van der Waals surface area contributed by atoms with Crippen molar-refractivity contribution < 1.29 is 19.1 Å². The molecule has 4 nitrogen and oxygen atoms in total. The maximum Gasteiger partial charge on any atom is 0.158 e. The van der Waals surface area contributed by atoms with Crippen molar-refractivity contribution in [2.24, 2.45) is 5.92 Å². The van der Waals surface area contributed by atoms with E-state index in [2.05, 4.69) is 5.32 Å². The number of nitrogens with one attached hydrogen (secondary N) is 1. The number of carbonyl (C=O) groups excluding carboxylic acids is 2. The van der Waals surface area contributed by atoms with E-state index < -0.39 is 23.3 Å². The van der Waals surface area contributed by atoms with Crippen LogP contribution in [0.25, 0.3) is 0 Å². The summed E-state index contributed by atoms with van der Waals surface area (Å²) in [5.74, 6) is -2.84. The van der Waals surface area contributed by atoms with Crippen LogP contribution in [0.2, 0.25) is 0 Å². The van der Waals surface area contributed by atoms with Gasteiger partial charge in [0.25, 0.3) is 0 Å². The van der Waals surface area contributed by atoms with Crippen LogP contribution in [0.15, 0.2) is 65.9 Å². The monoisotopic (exact) mass is 381 g/mol. The molecule has 1 aliphatic rings. The van der Waals surface area contributed by atoms with Gasteiger partial charge >= 0.3 is 0 Å². The van der Waals surface area contributed by atoms with Gasteiger partial charge in [0.1, 0.15) is 11.6 Å². The Balaban J connectivity index is 2.24. The number of Topliss-reactive ketones (excluding diaryl/α,β-unsaturated/α-hetero) is 2. The Bertz CT molecular complexity index is 934. The van der Waals surface area contributed by atoms with Crippen molar-refractivity contribution in [1.82, 2.24) is 0 Å². The van der Waals surface area contributed by atoms with Crippen LogP contribution in [0.3, 0.4) is 0 Å². The number of rotatable bonds is 5. The van der Waals surface area contributed by atoms with E-state index in [1.165, 1.54) is 19.9 Å². The molecule has 0 fully saturated rings. The van der Waals surface area contributed by atoms with Gasteiger partial charge in [0, 0.05) is 29.3 Å². The first kappa shape index (κ1) is 20.0. The van der Waals surface area contributed by atoms with Crippen LogP contribution in [0, 0.1) is 11.7 Å². The molecule has 146 valence electrons. The molecule has 2 aromatic rings. The molecule has 2 aromatic carbocycles. The second kappa shape index (κ2) is 7.68. The van der Waals surface area contributed by atoms with Gasteiger partial charge in [-0.1, -0.05) is 36.4 Å². The Morgan fingerprint density at radius 1 is 1.07 bits per heavy atom. The number of carbonyl (C=O) groups is 2. The molecule has 0 aromatic heterocycles. The topological polar surface area (TPSA) is 66.4 Å². The molecule has 0 aliphatic heterocycles. The highest BCUT2D eigenvalue weighted by Gasteiger charge is 2.49. The SMILES string of the molecule is CC(=O)C1=C(Nc2ccccc2)C[C@](C)(O)[C@@H](C(C)=O)[C@H]1c1ccccc1F. The van der Waals surface area contributed by atoms with Crippen LogP contribution >= 0.6 is 0 Å². The highest BCUT2D eigenvalue weighted by molar-refractivity contribution is 5.98. The molecule has 3 atom stereocenters. The summed E-state index contributed by atoms with van der Waals surface area (Å²) in [7, 11) is 0. The van der Waals surface area contributed by atoms with Crippen molar-refractivity contribution in [2.75, 3.05) is 5.32 Å². The molecule has 0 saturated heterocycles. The minimum Gasteiger partial charge on any atom is -0.389 e. The van der Waals surface area contributed by atoms with Gasteiger partial charge in [0.05, 0.1) is 11.5 Å². The molecule has 2 N–H and O–H groups in total. The standard InChI is InChI=1S/C23H24FNO3/c1-14(26)20-19(25-16-9-5-4-6-10-16)13-23(3,28)22(15(2)27)21(20)17-11-7-8-12-18(17)24/h4-12,21-22,25,28H,13H2,1-3H3/t21-,22-,23-/m0/s1. The molecule has 0 unspecified atom stereocenters. The van der Waals surface area contributed by atoms with Gasteiger partial charge in [-0.2, -0.15) is 0 Å². The molecule has 0 radical (unpaired) electrons. The highest BCUT2D eigenvalue weighted by atomic mass is 19.1. The van der Waals surface area contributed by atoms with Crippen LogP contribution in [-0.4, -0.2) is 22.3 Å². The van der Waals surface area contributed by atoms with Gasteiger partial charge in [-0.3, -0.25) is 9.59 Å². The lowest BCUT2D eigenvalue weighted by Gasteiger charge is -2.43. The summed E-state index contributed by atoms with van der Waals surface area (Å²) < 4.78 is 14.7. The number of ketones is 2. The Hall–Kier alpha value is -2.79. The van der Waals surface area contributed by atoms with E-state index in [9.17, 15) is 19.1 Å². The fourth-order valence-corrected chi connectivity index (χ4v) is 4.25. The summed E-state index contributed by atoms with van der Waals surface area (Å²) in [4.78, 5) is 25.2. The predicted octanol–water partition coefficient (Wildman–Crippen LogP) is 4.22. The third-order valence-corrected chi connectivity index (χ3v) is 5.30. The van der Waals surface area contributed by atoms with E-state index in [1.807, 2.05) is 30.3 Å². The Labute approximate surface area is 164 Å². The predicted molar refractivity (Wildman–Crippen MR) is 106 cm³/mol. The van der Waals surface area contributed by atoms with Crippen molar-refractivity contribution in [3.63, 3.8) is 0 Å². The third-order valence-electron chi connectivity index (χ3n) is 5.30. The number of hydrogen-bond donors (Lipinski definition) is 2. The maximum absolute atomic E-state index is 14.7. The van der Waals surface area contributed by atoms with Gasteiger partial charge in [-0.05, 0) is 44.5 Å². The van der Waals surface area contributed by atoms with Crippen molar-refractivity contribution in [2.45, 2.75) is 38.7 Å². The first-order chi connectivity index (χ1) is 13.2. The zero-order chi connectivity index (χ0) is 20.5. The molecule has 0 saturated carbocycles. The number of anilines is 1. The van der Waals surface area contributed by atoms with E-state index >= 15 is 0 Å². The van der Waals surface area contributed by atoms with E-state index in [0.29, 0.717) is 11.3 Å². The zero-order valence-corrected chi connectivity index (χ0v) is 16.2. The summed E-state index contributed by atoms with van der Waals surface area (Å²) in [6.07, 6.45) is 0.0893. The van der Waals surface area contributed by atoms with Crippen molar-refractivity contribution in [3.05, 3.63) is 77.2 Å². The van der Waals surface area contributed by atoms with Crippen LogP contribution in [0.5, 0.6) is 0 Å². The Morgan fingerprint density at radius 2 is 1.68 bits per heavy atom. The smallest absolute Gasteiger partial charge is 0.158 e. The average molecular weight is 381 g/mol. The molecule has 0 amide bonds. The van der Waals surface area contributed by atoms with Crippen LogP contribution in [0.1, 0.15) is 38.7 Å². The number of hydrogen-bond acceptors (Lipinski definition) is 4. The zero-order valence-electron chi connectivity index (χ0n) is 16.2. The van der Waals surface area contributed by atoms with E-state index in [4.69, 9.17) is 0 Å². The molecular weight excluding hydrogens is 357 g/mol. The lowest BCUT2D eigenvalue weighted by molar-refractivity contribution is -0.131. The van der Waals surface area contributed by atoms with Crippen LogP contribution < -0.4 is 5.32 Å². The quantitative estimate of drug-likeness (QED) is 0.814. The van der Waals surface area contributed by atoms with Gasteiger partial charge in [-0.15, -0.1) is 0 Å². The first-order valence-electron chi connectivity index (χ1n) is 9.25. The molecule has 3 rings (SSSR count). The lowest BCUT2D eigenvalue weighted by Crippen LogP contribution is -2.48. The molecule has 0 spiro atoms. The second-order valence-corrected chi connectivity index (χ2v) is 7.56. The molecule has 0 bridgehead atoms. The summed E-state index contributed by atoms with van der Waals surface area (Å²) in [5, 5.41) is 14.4. The third kappa shape index (κ3) is 3.76. The van der Waals surface area contributed by atoms with E-state index in [0.717, 1.165) is 5.69 Å². The Morgan fingerprint density at radius 3 is 2.25 bits per heavy atom. The summed E-state index contributed by atoms with van der Waals surface area (Å²) in [6.45, 7) is 4.35. The van der Waals surface area contributed by atoms with Gasteiger partial charge in [-0.25, -0.2) is 4.39 Å². The molecule has 1 aliphatic carbocycles. The fourth-order valence-electron chi connectivity index (χ4n) is 4.25. The van der Waals surface area contributed by atoms with Gasteiger partial charge in [0.2, 0.25) is 0 Å². The maximum atomic E-state index is 14.7. The normalized spacial score (nSPS) is 24.8. The van der Waals surface area contributed by atoms with E-state index in [1.54, 1.807) is 25.1 Å². The number of para-hydroxylation sites is 1. The lowest BCUT2D eigenvalue weighted by atomic mass is 9.63. The minimum absolute atomic E-state index is 0.0893. The first-order valence-corrected chi connectivity index (χ1v) is 9.25.